The molecule has 23 heavy (non-hydrogen) atoms. The summed E-state index contributed by atoms with van der Waals surface area (Å²) in [5.74, 6) is 0.0942. The van der Waals surface area contributed by atoms with Crippen molar-refractivity contribution in [2.24, 2.45) is 0 Å². The SMILES string of the molecule is Cc1ccc(NC(=O)COc2ccc([N+](=O)[O-])c(C)c2)c(Br)c1. The molecule has 0 spiro atoms. The fourth-order valence-corrected chi connectivity index (χ4v) is 2.57. The van der Waals surface area contributed by atoms with Gasteiger partial charge in [-0.05, 0) is 59.6 Å². The Hall–Kier alpha value is -2.41. The van der Waals surface area contributed by atoms with Crippen LogP contribution < -0.4 is 10.1 Å². The third-order valence-corrected chi connectivity index (χ3v) is 3.79. The number of amides is 1. The molecule has 0 saturated carbocycles. The summed E-state index contributed by atoms with van der Waals surface area (Å²) in [5.41, 5.74) is 2.23. The average Bonchev–Trinajstić information content (AvgIpc) is 2.48. The van der Waals surface area contributed by atoms with E-state index in [0.29, 0.717) is 17.0 Å². The molecule has 1 N–H and O–H groups in total. The van der Waals surface area contributed by atoms with Crippen LogP contribution in [0.4, 0.5) is 11.4 Å². The Morgan fingerprint density at radius 3 is 2.61 bits per heavy atom. The average molecular weight is 379 g/mol. The molecule has 2 rings (SSSR count). The van der Waals surface area contributed by atoms with Gasteiger partial charge in [0.15, 0.2) is 6.61 Å². The van der Waals surface area contributed by atoms with E-state index in [1.54, 1.807) is 13.0 Å². The van der Waals surface area contributed by atoms with E-state index in [-0.39, 0.29) is 18.2 Å². The lowest BCUT2D eigenvalue weighted by Gasteiger charge is -2.10. The second kappa shape index (κ2) is 7.23. The van der Waals surface area contributed by atoms with Crippen molar-refractivity contribution in [1.82, 2.24) is 0 Å². The van der Waals surface area contributed by atoms with Crippen LogP contribution in [-0.2, 0) is 4.79 Å². The first kappa shape index (κ1) is 17.0. The molecule has 0 atom stereocenters. The first-order chi connectivity index (χ1) is 10.9. The first-order valence-corrected chi connectivity index (χ1v) is 7.60. The number of benzene rings is 2. The van der Waals surface area contributed by atoms with Gasteiger partial charge in [0.25, 0.3) is 11.6 Å². The van der Waals surface area contributed by atoms with E-state index in [1.165, 1.54) is 18.2 Å². The molecular formula is C16H15BrN2O4. The predicted molar refractivity (Wildman–Crippen MR) is 90.8 cm³/mol. The highest BCUT2D eigenvalue weighted by Gasteiger charge is 2.12. The summed E-state index contributed by atoms with van der Waals surface area (Å²) in [6, 6.07) is 9.96. The number of nitrogens with one attached hydrogen (secondary N) is 1. The lowest BCUT2D eigenvalue weighted by atomic mass is 10.2. The van der Waals surface area contributed by atoms with Crippen LogP contribution in [0.2, 0.25) is 0 Å². The summed E-state index contributed by atoms with van der Waals surface area (Å²) < 4.78 is 6.16. The lowest BCUT2D eigenvalue weighted by molar-refractivity contribution is -0.385. The number of nitrogens with zero attached hydrogens (tertiary/aromatic N) is 1. The number of nitro groups is 1. The zero-order valence-electron chi connectivity index (χ0n) is 12.6. The van der Waals surface area contributed by atoms with Crippen molar-refractivity contribution in [2.75, 3.05) is 11.9 Å². The van der Waals surface area contributed by atoms with Gasteiger partial charge < -0.3 is 10.1 Å². The van der Waals surface area contributed by atoms with Crippen molar-refractivity contribution < 1.29 is 14.5 Å². The van der Waals surface area contributed by atoms with Gasteiger partial charge in [0.1, 0.15) is 5.75 Å². The summed E-state index contributed by atoms with van der Waals surface area (Å²) in [7, 11) is 0. The molecule has 120 valence electrons. The van der Waals surface area contributed by atoms with Crippen molar-refractivity contribution in [1.29, 1.82) is 0 Å². The van der Waals surface area contributed by atoms with Gasteiger partial charge >= 0.3 is 0 Å². The number of hydrogen-bond donors (Lipinski definition) is 1. The molecule has 0 unspecified atom stereocenters. The Balaban J connectivity index is 1.96. The molecule has 0 aliphatic carbocycles. The molecule has 0 fully saturated rings. The van der Waals surface area contributed by atoms with Crippen LogP contribution in [0.1, 0.15) is 11.1 Å². The maximum Gasteiger partial charge on any atom is 0.272 e. The zero-order chi connectivity index (χ0) is 17.0. The number of hydrogen-bond acceptors (Lipinski definition) is 4. The van der Waals surface area contributed by atoms with Gasteiger partial charge in [-0.3, -0.25) is 14.9 Å². The molecule has 0 heterocycles. The smallest absolute Gasteiger partial charge is 0.272 e. The number of carbonyl (C=O) groups is 1. The molecule has 0 aromatic heterocycles. The van der Waals surface area contributed by atoms with E-state index >= 15 is 0 Å². The predicted octanol–water partition coefficient (Wildman–Crippen LogP) is 3.99. The van der Waals surface area contributed by atoms with E-state index in [9.17, 15) is 14.9 Å². The Kier molecular flexibility index (Phi) is 5.33. The van der Waals surface area contributed by atoms with Crippen LogP contribution >= 0.6 is 15.9 Å². The van der Waals surface area contributed by atoms with Gasteiger partial charge in [-0.25, -0.2) is 0 Å². The third kappa shape index (κ3) is 4.53. The monoisotopic (exact) mass is 378 g/mol. The van der Waals surface area contributed by atoms with Gasteiger partial charge in [0, 0.05) is 16.1 Å². The fraction of sp³-hybridized carbons (Fsp3) is 0.188. The Morgan fingerprint density at radius 1 is 1.26 bits per heavy atom. The van der Waals surface area contributed by atoms with Crippen LogP contribution in [0.15, 0.2) is 40.9 Å². The normalized spacial score (nSPS) is 10.2. The topological polar surface area (TPSA) is 81.5 Å². The quantitative estimate of drug-likeness (QED) is 0.629. The Morgan fingerprint density at radius 2 is 2.00 bits per heavy atom. The summed E-state index contributed by atoms with van der Waals surface area (Å²) in [5, 5.41) is 13.5. The molecule has 0 bridgehead atoms. The summed E-state index contributed by atoms with van der Waals surface area (Å²) in [4.78, 5) is 22.2. The van der Waals surface area contributed by atoms with Gasteiger partial charge in [-0.15, -0.1) is 0 Å². The minimum atomic E-state index is -0.458. The summed E-state index contributed by atoms with van der Waals surface area (Å²) in [6.45, 7) is 3.39. The molecule has 0 radical (unpaired) electrons. The van der Waals surface area contributed by atoms with Crippen molar-refractivity contribution in [3.63, 3.8) is 0 Å². The third-order valence-electron chi connectivity index (χ3n) is 3.13. The number of carbonyl (C=O) groups excluding carboxylic acids is 1. The van der Waals surface area contributed by atoms with Crippen LogP contribution in [-0.4, -0.2) is 17.4 Å². The van der Waals surface area contributed by atoms with Crippen LogP contribution in [0.3, 0.4) is 0 Å². The molecule has 0 saturated heterocycles. The number of rotatable bonds is 5. The molecule has 7 heteroatoms. The standard InChI is InChI=1S/C16H15BrN2O4/c1-10-3-5-14(13(17)7-10)18-16(20)9-23-12-4-6-15(19(21)22)11(2)8-12/h3-8H,9H2,1-2H3,(H,18,20). The number of halogens is 1. The maximum atomic E-state index is 11.9. The van der Waals surface area contributed by atoms with Crippen molar-refractivity contribution >= 4 is 33.2 Å². The largest absolute Gasteiger partial charge is 0.484 e. The van der Waals surface area contributed by atoms with Crippen LogP contribution in [0.25, 0.3) is 0 Å². The van der Waals surface area contributed by atoms with E-state index in [2.05, 4.69) is 21.2 Å². The molecule has 0 aliphatic rings. The van der Waals surface area contributed by atoms with E-state index in [0.717, 1.165) is 10.0 Å². The number of anilines is 1. The van der Waals surface area contributed by atoms with Gasteiger partial charge in [0.2, 0.25) is 0 Å². The van der Waals surface area contributed by atoms with Crippen molar-refractivity contribution in [3.05, 3.63) is 62.1 Å². The highest BCUT2D eigenvalue weighted by molar-refractivity contribution is 9.10. The maximum absolute atomic E-state index is 11.9. The van der Waals surface area contributed by atoms with Crippen molar-refractivity contribution in [2.45, 2.75) is 13.8 Å². The molecule has 2 aromatic carbocycles. The second-order valence-electron chi connectivity index (χ2n) is 5.03. The lowest BCUT2D eigenvalue weighted by Crippen LogP contribution is -2.20. The van der Waals surface area contributed by atoms with Crippen LogP contribution in [0, 0.1) is 24.0 Å². The van der Waals surface area contributed by atoms with E-state index in [1.807, 2.05) is 19.1 Å². The second-order valence-corrected chi connectivity index (χ2v) is 5.88. The van der Waals surface area contributed by atoms with E-state index in [4.69, 9.17) is 4.74 Å². The van der Waals surface area contributed by atoms with E-state index < -0.39 is 4.92 Å². The molecule has 1 amide bonds. The van der Waals surface area contributed by atoms with Crippen molar-refractivity contribution in [3.8, 4) is 5.75 Å². The van der Waals surface area contributed by atoms with Gasteiger partial charge in [0.05, 0.1) is 10.6 Å². The van der Waals surface area contributed by atoms with Gasteiger partial charge in [-0.2, -0.15) is 0 Å². The molecule has 6 nitrogen and oxygen atoms in total. The van der Waals surface area contributed by atoms with Crippen LogP contribution in [0.5, 0.6) is 5.75 Å². The molecule has 0 aliphatic heterocycles. The Labute approximate surface area is 141 Å². The van der Waals surface area contributed by atoms with Gasteiger partial charge in [-0.1, -0.05) is 6.07 Å². The fourth-order valence-electron chi connectivity index (χ4n) is 1.98. The molecular weight excluding hydrogens is 364 g/mol. The highest BCUT2D eigenvalue weighted by Crippen LogP contribution is 2.24. The number of aryl methyl sites for hydroxylation is 2. The summed E-state index contributed by atoms with van der Waals surface area (Å²) in [6.07, 6.45) is 0. The number of nitro benzene ring substituents is 1. The minimum Gasteiger partial charge on any atom is -0.484 e. The highest BCUT2D eigenvalue weighted by atomic mass is 79.9. The zero-order valence-corrected chi connectivity index (χ0v) is 14.2. The first-order valence-electron chi connectivity index (χ1n) is 6.80. The molecule has 2 aromatic rings. The summed E-state index contributed by atoms with van der Waals surface area (Å²) >= 11 is 3.38. The number of ether oxygens (including phenoxy) is 1. The minimum absolute atomic E-state index is 0.0189. The Bertz CT molecular complexity index is 762.